The van der Waals surface area contributed by atoms with Crippen molar-refractivity contribution in [2.45, 2.75) is 31.9 Å². The molecular weight excluding hydrogens is 289 g/mol. The fraction of sp³-hybridized carbons (Fsp3) is 0.562. The number of rotatable bonds is 3. The van der Waals surface area contributed by atoms with Gasteiger partial charge in [0.15, 0.2) is 0 Å². The van der Waals surface area contributed by atoms with E-state index in [1.54, 1.807) is 39.0 Å². The lowest BCUT2D eigenvalue weighted by Gasteiger charge is -2.35. The predicted molar refractivity (Wildman–Crippen MR) is 78.8 cm³/mol. The average molecular weight is 311 g/mol. The van der Waals surface area contributed by atoms with E-state index in [1.807, 2.05) is 0 Å². The Morgan fingerprint density at radius 3 is 2.77 bits per heavy atom. The molecule has 1 amide bonds. The molecule has 1 aromatic carbocycles. The molecule has 122 valence electrons. The summed E-state index contributed by atoms with van der Waals surface area (Å²) in [4.78, 5) is 12.2. The molecule has 22 heavy (non-hydrogen) atoms. The van der Waals surface area contributed by atoms with Crippen LogP contribution >= 0.6 is 0 Å². The first-order valence-electron chi connectivity index (χ1n) is 7.23. The molecule has 2 N–H and O–H groups in total. The normalized spacial score (nSPS) is 25.0. The largest absolute Gasteiger partial charge is 0.444 e. The number of benzene rings is 1. The third kappa shape index (κ3) is 3.39. The number of amides is 1. The molecule has 0 saturated carbocycles. The quantitative estimate of drug-likeness (QED) is 0.898. The van der Waals surface area contributed by atoms with Crippen LogP contribution in [0.5, 0.6) is 0 Å². The number of halogens is 1. The lowest BCUT2D eigenvalue weighted by atomic mass is 9.80. The molecule has 0 bridgehead atoms. The van der Waals surface area contributed by atoms with E-state index in [0.717, 1.165) is 0 Å². The van der Waals surface area contributed by atoms with Gasteiger partial charge in [0.1, 0.15) is 17.0 Å². The third-order valence-corrected chi connectivity index (χ3v) is 3.64. The van der Waals surface area contributed by atoms with Gasteiger partial charge >= 0.3 is 6.09 Å². The van der Waals surface area contributed by atoms with Gasteiger partial charge in [0, 0.05) is 11.5 Å². The van der Waals surface area contributed by atoms with Crippen LogP contribution in [-0.4, -0.2) is 36.6 Å². The molecule has 2 unspecified atom stereocenters. The summed E-state index contributed by atoms with van der Waals surface area (Å²) >= 11 is 0. The van der Waals surface area contributed by atoms with Crippen LogP contribution < -0.4 is 5.32 Å². The van der Waals surface area contributed by atoms with E-state index in [2.05, 4.69) is 5.32 Å². The van der Waals surface area contributed by atoms with Crippen molar-refractivity contribution >= 4 is 6.09 Å². The molecule has 0 radical (unpaired) electrons. The standard InChI is InChI=1S/C16H22FNO4/c1-15(2,3)22-14(20)18-16(10-21-9-11(16)8-19)12-6-4-5-7-13(12)17/h4-7,11,19H,8-10H2,1-3H3,(H,18,20). The number of carbonyl (C=O) groups excluding carboxylic acids is 1. The predicted octanol–water partition coefficient (Wildman–Crippen LogP) is 2.18. The highest BCUT2D eigenvalue weighted by Gasteiger charge is 2.48. The molecule has 1 heterocycles. The SMILES string of the molecule is CC(C)(C)OC(=O)NC1(c2ccccc2F)COCC1CO. The minimum absolute atomic E-state index is 0.0817. The monoisotopic (exact) mass is 311 g/mol. The summed E-state index contributed by atoms with van der Waals surface area (Å²) < 4.78 is 24.9. The Kier molecular flexibility index (Phi) is 4.72. The number of hydrogen-bond acceptors (Lipinski definition) is 4. The summed E-state index contributed by atoms with van der Waals surface area (Å²) in [6.45, 7) is 5.33. The Bertz CT molecular complexity index is 543. The highest BCUT2D eigenvalue weighted by Crippen LogP contribution is 2.37. The van der Waals surface area contributed by atoms with Crippen LogP contribution in [0.15, 0.2) is 24.3 Å². The van der Waals surface area contributed by atoms with Crippen molar-refractivity contribution in [3.63, 3.8) is 0 Å². The second kappa shape index (κ2) is 6.22. The van der Waals surface area contributed by atoms with Crippen LogP contribution in [0.2, 0.25) is 0 Å². The van der Waals surface area contributed by atoms with Gasteiger partial charge < -0.3 is 19.9 Å². The number of alkyl carbamates (subject to hydrolysis) is 1. The van der Waals surface area contributed by atoms with Gasteiger partial charge in [0.25, 0.3) is 0 Å². The fourth-order valence-corrected chi connectivity index (χ4v) is 2.64. The summed E-state index contributed by atoms with van der Waals surface area (Å²) in [7, 11) is 0. The van der Waals surface area contributed by atoms with Crippen molar-refractivity contribution in [1.82, 2.24) is 5.32 Å². The molecule has 5 nitrogen and oxygen atoms in total. The summed E-state index contributed by atoms with van der Waals surface area (Å²) in [5.41, 5.74) is -1.52. The van der Waals surface area contributed by atoms with Gasteiger partial charge in [-0.2, -0.15) is 0 Å². The van der Waals surface area contributed by atoms with E-state index < -0.39 is 29.0 Å². The second-order valence-electron chi connectivity index (χ2n) is 6.47. The van der Waals surface area contributed by atoms with E-state index in [9.17, 15) is 14.3 Å². The maximum Gasteiger partial charge on any atom is 0.408 e. The van der Waals surface area contributed by atoms with Crippen LogP contribution in [0.4, 0.5) is 9.18 Å². The minimum Gasteiger partial charge on any atom is -0.444 e. The molecule has 1 aliphatic heterocycles. The van der Waals surface area contributed by atoms with Crippen LogP contribution in [0.3, 0.4) is 0 Å². The highest BCUT2D eigenvalue weighted by atomic mass is 19.1. The highest BCUT2D eigenvalue weighted by molar-refractivity contribution is 5.69. The van der Waals surface area contributed by atoms with Crippen molar-refractivity contribution in [1.29, 1.82) is 0 Å². The minimum atomic E-state index is -1.14. The van der Waals surface area contributed by atoms with Crippen LogP contribution in [0, 0.1) is 11.7 Å². The molecule has 1 saturated heterocycles. The first-order valence-corrected chi connectivity index (χ1v) is 7.23. The molecule has 1 aromatic rings. The molecule has 0 spiro atoms. The van der Waals surface area contributed by atoms with Gasteiger partial charge in [0.05, 0.1) is 19.8 Å². The van der Waals surface area contributed by atoms with Crippen molar-refractivity contribution in [3.8, 4) is 0 Å². The topological polar surface area (TPSA) is 67.8 Å². The Hall–Kier alpha value is -1.66. The van der Waals surface area contributed by atoms with E-state index in [-0.39, 0.29) is 25.4 Å². The Morgan fingerprint density at radius 2 is 2.18 bits per heavy atom. The Morgan fingerprint density at radius 1 is 1.50 bits per heavy atom. The average Bonchev–Trinajstić information content (AvgIpc) is 2.80. The van der Waals surface area contributed by atoms with Gasteiger partial charge in [-0.3, -0.25) is 0 Å². The summed E-state index contributed by atoms with van der Waals surface area (Å²) in [6.07, 6.45) is -0.667. The molecule has 0 aliphatic carbocycles. The van der Waals surface area contributed by atoms with Crippen molar-refractivity contribution < 1.29 is 23.8 Å². The van der Waals surface area contributed by atoms with Gasteiger partial charge in [-0.15, -0.1) is 0 Å². The van der Waals surface area contributed by atoms with Crippen LogP contribution in [0.1, 0.15) is 26.3 Å². The van der Waals surface area contributed by atoms with E-state index in [1.165, 1.54) is 6.07 Å². The van der Waals surface area contributed by atoms with Crippen LogP contribution in [0.25, 0.3) is 0 Å². The van der Waals surface area contributed by atoms with Gasteiger partial charge in [0.2, 0.25) is 0 Å². The number of hydrogen-bond donors (Lipinski definition) is 2. The summed E-state index contributed by atoms with van der Waals surface area (Å²) in [5, 5.41) is 12.3. The zero-order chi connectivity index (χ0) is 16.4. The Labute approximate surface area is 129 Å². The fourth-order valence-electron chi connectivity index (χ4n) is 2.64. The zero-order valence-corrected chi connectivity index (χ0v) is 13.1. The Balaban J connectivity index is 2.36. The summed E-state index contributed by atoms with van der Waals surface area (Å²) in [5.74, 6) is -0.903. The number of aliphatic hydroxyl groups excluding tert-OH is 1. The second-order valence-corrected chi connectivity index (χ2v) is 6.47. The van der Waals surface area contributed by atoms with E-state index in [4.69, 9.17) is 9.47 Å². The number of aliphatic hydroxyl groups is 1. The van der Waals surface area contributed by atoms with E-state index >= 15 is 0 Å². The van der Waals surface area contributed by atoms with Crippen molar-refractivity contribution in [2.24, 2.45) is 5.92 Å². The smallest absolute Gasteiger partial charge is 0.408 e. The summed E-state index contributed by atoms with van der Waals surface area (Å²) in [6, 6.07) is 6.16. The van der Waals surface area contributed by atoms with Crippen LogP contribution in [-0.2, 0) is 15.0 Å². The van der Waals surface area contributed by atoms with Gasteiger partial charge in [-0.25, -0.2) is 9.18 Å². The van der Waals surface area contributed by atoms with Crippen molar-refractivity contribution in [2.75, 3.05) is 19.8 Å². The first kappa shape index (κ1) is 16.7. The first-order chi connectivity index (χ1) is 10.3. The lowest BCUT2D eigenvalue weighted by Crippen LogP contribution is -2.53. The molecule has 2 rings (SSSR count). The molecule has 2 atom stereocenters. The zero-order valence-electron chi connectivity index (χ0n) is 13.1. The molecular formula is C16H22FNO4. The lowest BCUT2D eigenvalue weighted by molar-refractivity contribution is 0.0392. The number of ether oxygens (including phenoxy) is 2. The van der Waals surface area contributed by atoms with E-state index in [0.29, 0.717) is 0 Å². The molecule has 0 aromatic heterocycles. The molecule has 1 aliphatic rings. The molecule has 6 heteroatoms. The van der Waals surface area contributed by atoms with Crippen molar-refractivity contribution in [3.05, 3.63) is 35.6 Å². The van der Waals surface area contributed by atoms with Gasteiger partial charge in [-0.05, 0) is 26.8 Å². The number of nitrogens with one attached hydrogen (secondary N) is 1. The number of carbonyl (C=O) groups is 1. The third-order valence-electron chi connectivity index (χ3n) is 3.64. The molecule has 1 fully saturated rings. The maximum atomic E-state index is 14.3. The maximum absolute atomic E-state index is 14.3. The van der Waals surface area contributed by atoms with Gasteiger partial charge in [-0.1, -0.05) is 18.2 Å².